The molecule has 1 aliphatic heterocycles. The fourth-order valence-electron chi connectivity index (χ4n) is 4.04. The summed E-state index contributed by atoms with van der Waals surface area (Å²) >= 11 is 0. The molecule has 1 atom stereocenters. The van der Waals surface area contributed by atoms with Crippen LogP contribution in [0.5, 0.6) is 0 Å². The minimum atomic E-state index is -0.194. The first kappa shape index (κ1) is 19.5. The van der Waals surface area contributed by atoms with Gasteiger partial charge in [-0.1, -0.05) is 37.3 Å². The molecule has 4 rings (SSSR count). The number of hydrogen-bond acceptors (Lipinski definition) is 5. The summed E-state index contributed by atoms with van der Waals surface area (Å²) in [5.41, 5.74) is 2.36. The molecular formula is C22H27FN6. The predicted octanol–water partition coefficient (Wildman–Crippen LogP) is 3.33. The van der Waals surface area contributed by atoms with Crippen molar-refractivity contribution in [3.63, 3.8) is 0 Å². The molecule has 0 N–H and O–H groups in total. The summed E-state index contributed by atoms with van der Waals surface area (Å²) in [7, 11) is 0. The van der Waals surface area contributed by atoms with Crippen molar-refractivity contribution in [2.24, 2.45) is 0 Å². The van der Waals surface area contributed by atoms with Gasteiger partial charge in [0.15, 0.2) is 5.82 Å². The molecule has 0 radical (unpaired) electrons. The number of rotatable bonds is 7. The fraction of sp³-hybridized carbons (Fsp3) is 0.409. The SMILES string of the molecule is CC[C@@H](c1nnnn1CCc1ccccc1)N1CCN(c2ccc(F)cc2)CC1. The highest BCUT2D eigenvalue weighted by Gasteiger charge is 2.28. The van der Waals surface area contributed by atoms with Crippen LogP contribution in [-0.4, -0.2) is 51.3 Å². The first-order valence-electron chi connectivity index (χ1n) is 10.3. The lowest BCUT2D eigenvalue weighted by molar-refractivity contribution is 0.169. The summed E-state index contributed by atoms with van der Waals surface area (Å²) < 4.78 is 15.1. The lowest BCUT2D eigenvalue weighted by Crippen LogP contribution is -2.48. The molecular weight excluding hydrogens is 367 g/mol. The lowest BCUT2D eigenvalue weighted by Gasteiger charge is -2.39. The molecule has 2 heterocycles. The van der Waals surface area contributed by atoms with E-state index in [0.717, 1.165) is 57.1 Å². The highest BCUT2D eigenvalue weighted by atomic mass is 19.1. The Balaban J connectivity index is 1.39. The van der Waals surface area contributed by atoms with Gasteiger partial charge in [-0.2, -0.15) is 0 Å². The second kappa shape index (κ2) is 9.13. The normalized spacial score (nSPS) is 16.1. The Morgan fingerprint density at radius 2 is 1.69 bits per heavy atom. The van der Waals surface area contributed by atoms with Crippen LogP contribution in [0.1, 0.15) is 30.8 Å². The molecule has 2 aromatic carbocycles. The summed E-state index contributed by atoms with van der Waals surface area (Å²) in [6.07, 6.45) is 1.87. The molecule has 0 amide bonds. The third kappa shape index (κ3) is 4.62. The first-order chi connectivity index (χ1) is 14.2. The maximum absolute atomic E-state index is 13.2. The molecule has 0 bridgehead atoms. The quantitative estimate of drug-likeness (QED) is 0.615. The van der Waals surface area contributed by atoms with Crippen LogP contribution < -0.4 is 4.90 Å². The van der Waals surface area contributed by atoms with Gasteiger partial charge in [-0.05, 0) is 53.1 Å². The average Bonchev–Trinajstić information content (AvgIpc) is 3.23. The van der Waals surface area contributed by atoms with Gasteiger partial charge in [-0.25, -0.2) is 9.07 Å². The number of aryl methyl sites for hydroxylation is 2. The van der Waals surface area contributed by atoms with Crippen molar-refractivity contribution >= 4 is 5.69 Å². The van der Waals surface area contributed by atoms with E-state index in [-0.39, 0.29) is 11.9 Å². The van der Waals surface area contributed by atoms with E-state index in [9.17, 15) is 4.39 Å². The van der Waals surface area contributed by atoms with E-state index in [1.165, 1.54) is 17.7 Å². The first-order valence-corrected chi connectivity index (χ1v) is 10.3. The largest absolute Gasteiger partial charge is 0.369 e. The molecule has 1 aliphatic rings. The average molecular weight is 394 g/mol. The Kier molecular flexibility index (Phi) is 6.14. The van der Waals surface area contributed by atoms with Crippen molar-refractivity contribution in [2.45, 2.75) is 32.4 Å². The fourth-order valence-corrected chi connectivity index (χ4v) is 4.04. The van der Waals surface area contributed by atoms with Gasteiger partial charge in [-0.3, -0.25) is 4.90 Å². The zero-order chi connectivity index (χ0) is 20.1. The number of piperazine rings is 1. The zero-order valence-electron chi connectivity index (χ0n) is 16.8. The molecule has 0 aliphatic carbocycles. The smallest absolute Gasteiger partial charge is 0.168 e. The van der Waals surface area contributed by atoms with Gasteiger partial charge in [0.1, 0.15) is 5.82 Å². The van der Waals surface area contributed by atoms with E-state index in [1.54, 1.807) is 0 Å². The molecule has 1 fully saturated rings. The molecule has 7 heteroatoms. The molecule has 0 unspecified atom stereocenters. The van der Waals surface area contributed by atoms with Crippen LogP contribution in [0.3, 0.4) is 0 Å². The topological polar surface area (TPSA) is 50.1 Å². The highest BCUT2D eigenvalue weighted by Crippen LogP contribution is 2.25. The third-order valence-corrected chi connectivity index (χ3v) is 5.65. The Labute approximate surface area is 170 Å². The summed E-state index contributed by atoms with van der Waals surface area (Å²) in [5, 5.41) is 12.6. The van der Waals surface area contributed by atoms with Gasteiger partial charge in [0.05, 0.1) is 6.04 Å². The number of aromatic nitrogens is 4. The van der Waals surface area contributed by atoms with E-state index in [0.29, 0.717) is 0 Å². The van der Waals surface area contributed by atoms with Crippen LogP contribution >= 0.6 is 0 Å². The van der Waals surface area contributed by atoms with Crippen LogP contribution in [0, 0.1) is 5.82 Å². The van der Waals surface area contributed by atoms with E-state index in [4.69, 9.17) is 0 Å². The van der Waals surface area contributed by atoms with Crippen molar-refractivity contribution in [3.8, 4) is 0 Å². The predicted molar refractivity (Wildman–Crippen MR) is 111 cm³/mol. The van der Waals surface area contributed by atoms with Crippen LogP contribution in [-0.2, 0) is 13.0 Å². The van der Waals surface area contributed by atoms with Gasteiger partial charge in [0.2, 0.25) is 0 Å². The number of tetrazole rings is 1. The van der Waals surface area contributed by atoms with E-state index >= 15 is 0 Å². The van der Waals surface area contributed by atoms with Gasteiger partial charge in [-0.15, -0.1) is 5.10 Å². The minimum Gasteiger partial charge on any atom is -0.369 e. The molecule has 3 aromatic rings. The van der Waals surface area contributed by atoms with Crippen molar-refractivity contribution in [2.75, 3.05) is 31.1 Å². The van der Waals surface area contributed by atoms with Crippen molar-refractivity contribution < 1.29 is 4.39 Å². The Morgan fingerprint density at radius 1 is 0.966 bits per heavy atom. The molecule has 1 saturated heterocycles. The highest BCUT2D eigenvalue weighted by molar-refractivity contribution is 5.46. The molecule has 6 nitrogen and oxygen atoms in total. The maximum Gasteiger partial charge on any atom is 0.168 e. The second-order valence-electron chi connectivity index (χ2n) is 7.42. The second-order valence-corrected chi connectivity index (χ2v) is 7.42. The molecule has 152 valence electrons. The van der Waals surface area contributed by atoms with Crippen molar-refractivity contribution in [1.29, 1.82) is 0 Å². The van der Waals surface area contributed by atoms with Gasteiger partial charge in [0.25, 0.3) is 0 Å². The van der Waals surface area contributed by atoms with Crippen LogP contribution in [0.15, 0.2) is 54.6 Å². The summed E-state index contributed by atoms with van der Waals surface area (Å²) in [4.78, 5) is 4.77. The summed E-state index contributed by atoms with van der Waals surface area (Å²) in [5.74, 6) is 0.749. The summed E-state index contributed by atoms with van der Waals surface area (Å²) in [6.45, 7) is 6.65. The van der Waals surface area contributed by atoms with Crippen molar-refractivity contribution in [1.82, 2.24) is 25.1 Å². The van der Waals surface area contributed by atoms with Gasteiger partial charge < -0.3 is 4.90 Å². The number of nitrogens with zero attached hydrogens (tertiary/aromatic N) is 6. The minimum absolute atomic E-state index is 0.194. The number of halogens is 1. The molecule has 0 spiro atoms. The lowest BCUT2D eigenvalue weighted by atomic mass is 10.1. The number of anilines is 1. The Bertz CT molecular complexity index is 887. The number of benzene rings is 2. The molecule has 1 aromatic heterocycles. The standard InChI is InChI=1S/C22H27FN6/c1-2-21(22-24-25-26-29(22)13-12-18-6-4-3-5-7-18)28-16-14-27(15-17-28)20-10-8-19(23)9-11-20/h3-11,21H,2,12-17H2,1H3/t21-/m0/s1. The van der Waals surface area contributed by atoms with E-state index in [1.807, 2.05) is 22.9 Å². The third-order valence-electron chi connectivity index (χ3n) is 5.65. The van der Waals surface area contributed by atoms with Gasteiger partial charge >= 0.3 is 0 Å². The van der Waals surface area contributed by atoms with Crippen molar-refractivity contribution in [3.05, 3.63) is 71.8 Å². The maximum atomic E-state index is 13.2. The van der Waals surface area contributed by atoms with E-state index in [2.05, 4.69) is 56.5 Å². The molecule has 0 saturated carbocycles. The molecule has 29 heavy (non-hydrogen) atoms. The van der Waals surface area contributed by atoms with Gasteiger partial charge in [0, 0.05) is 38.4 Å². The van der Waals surface area contributed by atoms with Crippen LogP contribution in [0.4, 0.5) is 10.1 Å². The monoisotopic (exact) mass is 394 g/mol. The Hall–Kier alpha value is -2.80. The zero-order valence-corrected chi connectivity index (χ0v) is 16.8. The van der Waals surface area contributed by atoms with Crippen LogP contribution in [0.2, 0.25) is 0 Å². The summed E-state index contributed by atoms with van der Waals surface area (Å²) in [6, 6.07) is 17.4. The number of hydrogen-bond donors (Lipinski definition) is 0. The van der Waals surface area contributed by atoms with E-state index < -0.39 is 0 Å². The van der Waals surface area contributed by atoms with Crippen LogP contribution in [0.25, 0.3) is 0 Å². The Morgan fingerprint density at radius 3 is 2.38 bits per heavy atom.